The normalized spacial score (nSPS) is 11.2. The van der Waals surface area contributed by atoms with Gasteiger partial charge in [0.1, 0.15) is 5.75 Å². The van der Waals surface area contributed by atoms with E-state index >= 15 is 0 Å². The minimum atomic E-state index is -0.231. The van der Waals surface area contributed by atoms with Crippen molar-refractivity contribution in [3.63, 3.8) is 0 Å². The molecule has 1 heterocycles. The van der Waals surface area contributed by atoms with Gasteiger partial charge >= 0.3 is 0 Å². The second-order valence-corrected chi connectivity index (χ2v) is 6.90. The molecule has 0 atom stereocenters. The quantitative estimate of drug-likeness (QED) is 0.735. The van der Waals surface area contributed by atoms with Crippen LogP contribution in [0.15, 0.2) is 48.5 Å². The number of aromatic nitrogens is 4. The summed E-state index contributed by atoms with van der Waals surface area (Å²) < 4.78 is 5.76. The van der Waals surface area contributed by atoms with Gasteiger partial charge in [0.05, 0.1) is 5.56 Å². The molecule has 2 N–H and O–H groups in total. The second-order valence-electron chi connectivity index (χ2n) is 6.90. The molecule has 0 aliphatic heterocycles. The molecule has 0 radical (unpaired) electrons. The van der Waals surface area contributed by atoms with Gasteiger partial charge in [-0.15, -0.1) is 10.2 Å². The third kappa shape index (κ3) is 4.24. The predicted octanol–water partition coefficient (Wildman–Crippen LogP) is 3.33. The minimum Gasteiger partial charge on any atom is -0.485 e. The van der Waals surface area contributed by atoms with Crippen LogP contribution in [-0.2, 0) is 12.0 Å². The molecule has 7 heteroatoms. The smallest absolute Gasteiger partial charge is 0.259 e. The lowest BCUT2D eigenvalue weighted by molar-refractivity contribution is 0.102. The summed E-state index contributed by atoms with van der Waals surface area (Å²) in [5.41, 5.74) is 2.14. The molecule has 2 aromatic carbocycles. The van der Waals surface area contributed by atoms with Gasteiger partial charge in [-0.25, -0.2) is 0 Å². The fourth-order valence-electron chi connectivity index (χ4n) is 2.41. The van der Waals surface area contributed by atoms with Crippen LogP contribution in [0.4, 0.5) is 5.69 Å². The summed E-state index contributed by atoms with van der Waals surface area (Å²) in [6, 6.07) is 14.9. The van der Waals surface area contributed by atoms with Gasteiger partial charge in [-0.1, -0.05) is 50.3 Å². The number of para-hydroxylation sites is 1. The largest absolute Gasteiger partial charge is 0.485 e. The maximum atomic E-state index is 12.8. The predicted molar refractivity (Wildman–Crippen MR) is 98.0 cm³/mol. The number of carbonyl (C=O) groups is 1. The minimum absolute atomic E-state index is 0.0893. The number of tetrazole rings is 1. The van der Waals surface area contributed by atoms with Crippen molar-refractivity contribution in [3.8, 4) is 5.75 Å². The molecule has 0 fully saturated rings. The van der Waals surface area contributed by atoms with Crippen LogP contribution in [0.1, 0.15) is 42.5 Å². The number of anilines is 1. The van der Waals surface area contributed by atoms with Gasteiger partial charge in [-0.3, -0.25) is 4.79 Å². The molecular weight excluding hydrogens is 330 g/mol. The fraction of sp³-hybridized carbons (Fsp3) is 0.263. The maximum Gasteiger partial charge on any atom is 0.259 e. The summed E-state index contributed by atoms with van der Waals surface area (Å²) in [5, 5.41) is 16.5. The molecule has 7 nitrogen and oxygen atoms in total. The zero-order valence-electron chi connectivity index (χ0n) is 15.0. The molecule has 0 unspecified atom stereocenters. The van der Waals surface area contributed by atoms with Crippen molar-refractivity contribution >= 4 is 11.6 Å². The Morgan fingerprint density at radius 1 is 1.15 bits per heavy atom. The number of H-pyrrole nitrogens is 1. The third-order valence-electron chi connectivity index (χ3n) is 3.87. The van der Waals surface area contributed by atoms with E-state index < -0.39 is 0 Å². The highest BCUT2D eigenvalue weighted by molar-refractivity contribution is 6.06. The van der Waals surface area contributed by atoms with Crippen LogP contribution in [0.25, 0.3) is 0 Å². The molecule has 3 rings (SSSR count). The number of amides is 1. The summed E-state index contributed by atoms with van der Waals surface area (Å²) in [6.45, 7) is 6.42. The monoisotopic (exact) mass is 351 g/mol. The number of carbonyl (C=O) groups excluding carboxylic acids is 1. The van der Waals surface area contributed by atoms with Crippen molar-refractivity contribution in [1.82, 2.24) is 20.6 Å². The number of hydrogen-bond donors (Lipinski definition) is 2. The SMILES string of the molecule is CC(C)(C)c1ccc(OCc2nn[nH]n2)c(C(=O)Nc2ccccc2)c1. The van der Waals surface area contributed by atoms with E-state index in [0.29, 0.717) is 17.1 Å². The van der Waals surface area contributed by atoms with Crippen molar-refractivity contribution in [2.75, 3.05) is 5.32 Å². The van der Waals surface area contributed by atoms with E-state index in [-0.39, 0.29) is 17.9 Å². The molecule has 1 amide bonds. The van der Waals surface area contributed by atoms with E-state index in [2.05, 4.69) is 46.7 Å². The van der Waals surface area contributed by atoms with Crippen LogP contribution in [0.2, 0.25) is 0 Å². The van der Waals surface area contributed by atoms with Crippen LogP contribution >= 0.6 is 0 Å². The highest BCUT2D eigenvalue weighted by Gasteiger charge is 2.20. The van der Waals surface area contributed by atoms with E-state index in [9.17, 15) is 4.79 Å². The summed E-state index contributed by atoms with van der Waals surface area (Å²) >= 11 is 0. The van der Waals surface area contributed by atoms with Crippen molar-refractivity contribution in [3.05, 3.63) is 65.5 Å². The van der Waals surface area contributed by atoms with E-state index in [0.717, 1.165) is 11.3 Å². The molecule has 26 heavy (non-hydrogen) atoms. The lowest BCUT2D eigenvalue weighted by Crippen LogP contribution is -2.17. The van der Waals surface area contributed by atoms with Crippen molar-refractivity contribution in [2.45, 2.75) is 32.8 Å². The Hall–Kier alpha value is -3.22. The molecule has 3 aromatic rings. The van der Waals surface area contributed by atoms with Gasteiger partial charge in [-0.2, -0.15) is 5.21 Å². The number of aromatic amines is 1. The standard InChI is InChI=1S/C19H21N5O2/c1-19(2,3)13-9-10-16(26-12-17-21-23-24-22-17)15(11-13)18(25)20-14-7-5-4-6-8-14/h4-11H,12H2,1-3H3,(H,20,25)(H,21,22,23,24). The maximum absolute atomic E-state index is 12.8. The van der Waals surface area contributed by atoms with Crippen LogP contribution in [0.3, 0.4) is 0 Å². The third-order valence-corrected chi connectivity index (χ3v) is 3.87. The lowest BCUT2D eigenvalue weighted by atomic mass is 9.86. The van der Waals surface area contributed by atoms with Crippen molar-refractivity contribution < 1.29 is 9.53 Å². The van der Waals surface area contributed by atoms with Crippen LogP contribution in [0, 0.1) is 0 Å². The average Bonchev–Trinajstić information content (AvgIpc) is 3.13. The summed E-state index contributed by atoms with van der Waals surface area (Å²) in [5.74, 6) is 0.654. The molecule has 134 valence electrons. The van der Waals surface area contributed by atoms with Crippen LogP contribution in [-0.4, -0.2) is 26.5 Å². The summed E-state index contributed by atoms with van der Waals surface area (Å²) in [6.07, 6.45) is 0. The highest BCUT2D eigenvalue weighted by atomic mass is 16.5. The van der Waals surface area contributed by atoms with Gasteiger partial charge in [0.2, 0.25) is 5.82 Å². The zero-order chi connectivity index (χ0) is 18.6. The fourth-order valence-corrected chi connectivity index (χ4v) is 2.41. The molecule has 0 saturated carbocycles. The Bertz CT molecular complexity index is 871. The van der Waals surface area contributed by atoms with E-state index in [4.69, 9.17) is 4.74 Å². The van der Waals surface area contributed by atoms with E-state index in [1.54, 1.807) is 6.07 Å². The Morgan fingerprint density at radius 2 is 1.92 bits per heavy atom. The average molecular weight is 351 g/mol. The molecule has 0 spiro atoms. The number of nitrogens with one attached hydrogen (secondary N) is 2. The first-order valence-electron chi connectivity index (χ1n) is 8.29. The first-order valence-corrected chi connectivity index (χ1v) is 8.29. The molecule has 0 saturated heterocycles. The topological polar surface area (TPSA) is 92.8 Å². The number of hydrogen-bond acceptors (Lipinski definition) is 5. The van der Waals surface area contributed by atoms with Crippen molar-refractivity contribution in [1.29, 1.82) is 0 Å². The first kappa shape index (κ1) is 17.6. The van der Waals surface area contributed by atoms with Gasteiger partial charge in [0.25, 0.3) is 5.91 Å². The first-order chi connectivity index (χ1) is 12.4. The molecular formula is C19H21N5O2. The van der Waals surface area contributed by atoms with Crippen LogP contribution in [0.5, 0.6) is 5.75 Å². The zero-order valence-corrected chi connectivity index (χ0v) is 15.0. The van der Waals surface area contributed by atoms with Gasteiger partial charge < -0.3 is 10.1 Å². The molecule has 0 bridgehead atoms. The van der Waals surface area contributed by atoms with Gasteiger partial charge in [0.15, 0.2) is 6.61 Å². The van der Waals surface area contributed by atoms with E-state index in [1.165, 1.54) is 0 Å². The van der Waals surface area contributed by atoms with Gasteiger partial charge in [0, 0.05) is 5.69 Å². The van der Waals surface area contributed by atoms with Crippen LogP contribution < -0.4 is 10.1 Å². The number of benzene rings is 2. The second kappa shape index (κ2) is 7.35. The summed E-state index contributed by atoms with van der Waals surface area (Å²) in [7, 11) is 0. The highest BCUT2D eigenvalue weighted by Crippen LogP contribution is 2.29. The number of ether oxygens (including phenoxy) is 1. The Balaban J connectivity index is 1.88. The summed E-state index contributed by atoms with van der Waals surface area (Å²) in [4.78, 5) is 12.8. The Morgan fingerprint density at radius 3 is 2.58 bits per heavy atom. The number of nitrogens with zero attached hydrogens (tertiary/aromatic N) is 3. The Labute approximate surface area is 151 Å². The molecule has 1 aromatic heterocycles. The Kier molecular flexibility index (Phi) is 4.97. The van der Waals surface area contributed by atoms with Gasteiger partial charge in [-0.05, 0) is 35.2 Å². The van der Waals surface area contributed by atoms with E-state index in [1.807, 2.05) is 42.5 Å². The van der Waals surface area contributed by atoms with Crippen molar-refractivity contribution in [2.24, 2.45) is 0 Å². The molecule has 0 aliphatic carbocycles. The molecule has 0 aliphatic rings. The lowest BCUT2D eigenvalue weighted by Gasteiger charge is -2.21. The number of rotatable bonds is 5.